The number of hydrogen-bond acceptors (Lipinski definition) is 7. The quantitative estimate of drug-likeness (QED) is 0.469. The first kappa shape index (κ1) is 21.7. The number of pyridine rings is 1. The van der Waals surface area contributed by atoms with Gasteiger partial charge in [0.2, 0.25) is 0 Å². The average Bonchev–Trinajstić information content (AvgIpc) is 3.35. The number of hydrogen-bond donors (Lipinski definition) is 1. The fraction of sp³-hybridized carbons (Fsp3) is 0.318. The molecule has 3 aromatic heterocycles. The first-order chi connectivity index (χ1) is 14.0. The van der Waals surface area contributed by atoms with E-state index in [1.165, 1.54) is 11.3 Å². The number of fused-ring (bicyclic) bond motifs is 1. The average molecular weight is 424 g/mol. The van der Waals surface area contributed by atoms with Crippen LogP contribution in [0.3, 0.4) is 0 Å². The SMILES string of the molecule is C.CCCC(=O)Cc1nc2cc(-n3cc(C(C)O)nn3)cc(-c3ccccn3)c2s1. The summed E-state index contributed by atoms with van der Waals surface area (Å²) in [6.07, 6.45) is 4.51. The zero-order chi connectivity index (χ0) is 20.4. The lowest BCUT2D eigenvalue weighted by Gasteiger charge is -2.06. The molecule has 8 heteroatoms. The predicted molar refractivity (Wildman–Crippen MR) is 119 cm³/mol. The highest BCUT2D eigenvalue weighted by Gasteiger charge is 2.16. The van der Waals surface area contributed by atoms with E-state index >= 15 is 0 Å². The number of aliphatic hydroxyl groups is 1. The molecule has 0 amide bonds. The summed E-state index contributed by atoms with van der Waals surface area (Å²) in [6, 6.07) is 9.67. The van der Waals surface area contributed by atoms with E-state index in [1.54, 1.807) is 24.0 Å². The molecule has 1 atom stereocenters. The lowest BCUT2D eigenvalue weighted by atomic mass is 10.1. The summed E-state index contributed by atoms with van der Waals surface area (Å²) in [5, 5.41) is 18.7. The number of benzene rings is 1. The Labute approximate surface area is 179 Å². The largest absolute Gasteiger partial charge is 0.387 e. The van der Waals surface area contributed by atoms with Gasteiger partial charge in [0.25, 0.3) is 0 Å². The molecule has 1 aromatic carbocycles. The molecular weight excluding hydrogens is 398 g/mol. The third-order valence-corrected chi connectivity index (χ3v) is 5.65. The van der Waals surface area contributed by atoms with Crippen LogP contribution in [0.2, 0.25) is 0 Å². The fourth-order valence-corrected chi connectivity index (χ4v) is 4.21. The standard InChI is InChI=1S/C21H21N5O2S.CH4/c1-3-6-15(28)11-20-23-18-10-14(26-12-19(13(2)27)24-25-26)9-16(21(18)29-20)17-7-4-5-8-22-17;/h4-5,7-10,12-13,27H,3,6,11H2,1-2H3;1H4. The Bertz CT molecular complexity index is 1150. The van der Waals surface area contributed by atoms with Crippen molar-refractivity contribution in [2.75, 3.05) is 0 Å². The monoisotopic (exact) mass is 423 g/mol. The molecule has 0 fully saturated rings. The highest BCUT2D eigenvalue weighted by atomic mass is 32.1. The molecule has 0 aliphatic heterocycles. The molecule has 0 bridgehead atoms. The third-order valence-electron chi connectivity index (χ3n) is 4.54. The van der Waals surface area contributed by atoms with Gasteiger partial charge in [0.05, 0.1) is 40.3 Å². The van der Waals surface area contributed by atoms with E-state index < -0.39 is 6.10 Å². The van der Waals surface area contributed by atoms with Crippen LogP contribution in [0.5, 0.6) is 0 Å². The van der Waals surface area contributed by atoms with Gasteiger partial charge < -0.3 is 5.11 Å². The van der Waals surface area contributed by atoms with E-state index in [0.717, 1.165) is 38.6 Å². The van der Waals surface area contributed by atoms with E-state index in [2.05, 4.69) is 15.3 Å². The van der Waals surface area contributed by atoms with Crippen molar-refractivity contribution in [3.8, 4) is 16.9 Å². The number of ketones is 1. The molecule has 0 saturated heterocycles. The maximum atomic E-state index is 12.1. The van der Waals surface area contributed by atoms with Gasteiger partial charge in [0, 0.05) is 18.2 Å². The zero-order valence-electron chi connectivity index (χ0n) is 16.2. The van der Waals surface area contributed by atoms with Gasteiger partial charge in [-0.05, 0) is 37.6 Å². The van der Waals surface area contributed by atoms with E-state index in [1.807, 2.05) is 37.3 Å². The first-order valence-corrected chi connectivity index (χ1v) is 10.3. The Morgan fingerprint density at radius 1 is 1.30 bits per heavy atom. The molecule has 0 radical (unpaired) electrons. The zero-order valence-corrected chi connectivity index (χ0v) is 17.1. The van der Waals surface area contributed by atoms with E-state index in [0.29, 0.717) is 18.5 Å². The number of Topliss-reactive ketones (excluding diaryl/α,β-unsaturated/α-hetero) is 1. The van der Waals surface area contributed by atoms with Crippen molar-refractivity contribution >= 4 is 27.3 Å². The van der Waals surface area contributed by atoms with Gasteiger partial charge in [-0.25, -0.2) is 9.67 Å². The Balaban J connectivity index is 0.00000256. The maximum absolute atomic E-state index is 12.1. The van der Waals surface area contributed by atoms with E-state index in [4.69, 9.17) is 4.98 Å². The smallest absolute Gasteiger partial charge is 0.139 e. The van der Waals surface area contributed by atoms with Crippen LogP contribution in [-0.2, 0) is 11.2 Å². The molecule has 156 valence electrons. The molecule has 0 aliphatic rings. The van der Waals surface area contributed by atoms with Crippen molar-refractivity contribution in [2.24, 2.45) is 0 Å². The summed E-state index contributed by atoms with van der Waals surface area (Å²) >= 11 is 1.53. The van der Waals surface area contributed by atoms with Crippen molar-refractivity contribution < 1.29 is 9.90 Å². The second kappa shape index (κ2) is 9.23. The summed E-state index contributed by atoms with van der Waals surface area (Å²) in [4.78, 5) is 21.3. The maximum Gasteiger partial charge on any atom is 0.139 e. The normalized spacial score (nSPS) is 12.0. The molecule has 3 heterocycles. The van der Waals surface area contributed by atoms with Crippen LogP contribution >= 0.6 is 11.3 Å². The fourth-order valence-electron chi connectivity index (χ4n) is 3.11. The minimum Gasteiger partial charge on any atom is -0.387 e. The Hall–Kier alpha value is -2.97. The van der Waals surface area contributed by atoms with Crippen LogP contribution in [0.15, 0.2) is 42.7 Å². The number of nitrogens with zero attached hydrogens (tertiary/aromatic N) is 5. The molecule has 1 N–H and O–H groups in total. The summed E-state index contributed by atoms with van der Waals surface area (Å²) in [7, 11) is 0. The van der Waals surface area contributed by atoms with Gasteiger partial charge in [-0.2, -0.15) is 0 Å². The summed E-state index contributed by atoms with van der Waals surface area (Å²) in [5.41, 5.74) is 3.81. The number of carbonyl (C=O) groups excluding carboxylic acids is 1. The van der Waals surface area contributed by atoms with Crippen molar-refractivity contribution in [2.45, 2.75) is 46.6 Å². The van der Waals surface area contributed by atoms with Gasteiger partial charge >= 0.3 is 0 Å². The first-order valence-electron chi connectivity index (χ1n) is 9.52. The van der Waals surface area contributed by atoms with Crippen LogP contribution in [0.1, 0.15) is 50.9 Å². The second-order valence-electron chi connectivity index (χ2n) is 6.89. The summed E-state index contributed by atoms with van der Waals surface area (Å²) in [6.45, 7) is 3.65. The number of aromatic nitrogens is 5. The highest BCUT2D eigenvalue weighted by molar-refractivity contribution is 7.19. The van der Waals surface area contributed by atoms with Gasteiger partial charge in [0.15, 0.2) is 0 Å². The van der Waals surface area contributed by atoms with Crippen molar-refractivity contribution in [3.05, 3.63) is 53.4 Å². The van der Waals surface area contributed by atoms with Crippen LogP contribution in [-0.4, -0.2) is 35.9 Å². The van der Waals surface area contributed by atoms with Crippen LogP contribution in [0.25, 0.3) is 27.2 Å². The van der Waals surface area contributed by atoms with Crippen LogP contribution < -0.4 is 0 Å². The number of rotatable bonds is 7. The Kier molecular flexibility index (Phi) is 6.69. The number of carbonyl (C=O) groups is 1. The third kappa shape index (κ3) is 4.44. The molecule has 0 aliphatic carbocycles. The van der Waals surface area contributed by atoms with Crippen molar-refractivity contribution in [3.63, 3.8) is 0 Å². The van der Waals surface area contributed by atoms with Crippen LogP contribution in [0, 0.1) is 0 Å². The van der Waals surface area contributed by atoms with Gasteiger partial charge in [-0.3, -0.25) is 9.78 Å². The minimum absolute atomic E-state index is 0. The molecule has 4 aromatic rings. The second-order valence-corrected chi connectivity index (χ2v) is 7.98. The van der Waals surface area contributed by atoms with Crippen molar-refractivity contribution in [1.82, 2.24) is 25.0 Å². The highest BCUT2D eigenvalue weighted by Crippen LogP contribution is 2.34. The van der Waals surface area contributed by atoms with Gasteiger partial charge in [-0.1, -0.05) is 25.6 Å². The molecular formula is C22H25N5O2S. The number of aliphatic hydroxyl groups excluding tert-OH is 1. The molecule has 4 rings (SSSR count). The van der Waals surface area contributed by atoms with Gasteiger partial charge in [0.1, 0.15) is 16.5 Å². The Morgan fingerprint density at radius 3 is 2.80 bits per heavy atom. The molecule has 1 unspecified atom stereocenters. The lowest BCUT2D eigenvalue weighted by molar-refractivity contribution is -0.118. The van der Waals surface area contributed by atoms with E-state index in [-0.39, 0.29) is 13.2 Å². The summed E-state index contributed by atoms with van der Waals surface area (Å²) in [5.74, 6) is 0.198. The lowest BCUT2D eigenvalue weighted by Crippen LogP contribution is -2.00. The molecule has 7 nitrogen and oxygen atoms in total. The topological polar surface area (TPSA) is 93.8 Å². The van der Waals surface area contributed by atoms with E-state index in [9.17, 15) is 9.90 Å². The molecule has 0 spiro atoms. The van der Waals surface area contributed by atoms with Gasteiger partial charge in [-0.15, -0.1) is 16.4 Å². The summed E-state index contributed by atoms with van der Waals surface area (Å²) < 4.78 is 2.61. The number of thiazole rings is 1. The molecule has 0 saturated carbocycles. The van der Waals surface area contributed by atoms with Crippen LogP contribution in [0.4, 0.5) is 0 Å². The Morgan fingerprint density at radius 2 is 2.13 bits per heavy atom. The minimum atomic E-state index is -0.696. The molecule has 30 heavy (non-hydrogen) atoms. The van der Waals surface area contributed by atoms with Crippen molar-refractivity contribution in [1.29, 1.82) is 0 Å². The predicted octanol–water partition coefficient (Wildman–Crippen LogP) is 4.54.